The molecule has 1 unspecified atom stereocenters. The molecule has 0 aliphatic heterocycles. The predicted octanol–water partition coefficient (Wildman–Crippen LogP) is 2.67. The molecule has 2 rings (SSSR count). The number of aliphatic hydroxyl groups is 1. The molecule has 0 bridgehead atoms. The van der Waals surface area contributed by atoms with Gasteiger partial charge in [0.25, 0.3) is 5.91 Å². The molecule has 0 radical (unpaired) electrons. The quantitative estimate of drug-likeness (QED) is 0.768. The van der Waals surface area contributed by atoms with E-state index in [1.54, 1.807) is 23.9 Å². The van der Waals surface area contributed by atoms with Crippen molar-refractivity contribution in [3.05, 3.63) is 35.0 Å². The summed E-state index contributed by atoms with van der Waals surface area (Å²) in [6, 6.07) is 6.99. The number of rotatable bonds is 6. The molecular weight excluding hydrogens is 296 g/mol. The van der Waals surface area contributed by atoms with Crippen LogP contribution < -0.4 is 5.32 Å². The maximum atomic E-state index is 12.2. The molecule has 20 heavy (non-hydrogen) atoms. The van der Waals surface area contributed by atoms with Gasteiger partial charge in [0.2, 0.25) is 0 Å². The number of nitrogens with one attached hydrogen (secondary N) is 2. The van der Waals surface area contributed by atoms with Gasteiger partial charge >= 0.3 is 0 Å². The number of hydrogen-bond acceptors (Lipinski definition) is 3. The first-order valence-electron chi connectivity index (χ1n) is 6.33. The number of halogens is 1. The Morgan fingerprint density at radius 1 is 1.55 bits per heavy atom. The molecule has 0 saturated heterocycles. The van der Waals surface area contributed by atoms with E-state index in [1.807, 2.05) is 18.4 Å². The number of hydrogen-bond donors (Lipinski definition) is 3. The highest BCUT2D eigenvalue weighted by Crippen LogP contribution is 2.23. The van der Waals surface area contributed by atoms with Crippen LogP contribution in [0.2, 0.25) is 5.02 Å². The van der Waals surface area contributed by atoms with Gasteiger partial charge in [-0.15, -0.1) is 0 Å². The summed E-state index contributed by atoms with van der Waals surface area (Å²) in [7, 11) is 0. The number of amides is 1. The van der Waals surface area contributed by atoms with Gasteiger partial charge in [0.15, 0.2) is 0 Å². The van der Waals surface area contributed by atoms with Crippen LogP contribution in [-0.4, -0.2) is 40.7 Å². The third-order valence-corrected chi connectivity index (χ3v) is 4.06. The lowest BCUT2D eigenvalue weighted by Crippen LogP contribution is -2.38. The van der Waals surface area contributed by atoms with Crippen molar-refractivity contribution < 1.29 is 9.90 Å². The van der Waals surface area contributed by atoms with Gasteiger partial charge < -0.3 is 15.4 Å². The second-order valence-corrected chi connectivity index (χ2v) is 5.91. The molecule has 0 saturated carbocycles. The topological polar surface area (TPSA) is 65.1 Å². The van der Waals surface area contributed by atoms with E-state index in [4.69, 9.17) is 11.6 Å². The van der Waals surface area contributed by atoms with Crippen LogP contribution in [0.4, 0.5) is 0 Å². The standard InChI is InChI=1S/C14H17ClN2O2S/c1-20-6-5-9(8-18)16-14(19)13-7-10-11(15)3-2-4-12(10)17-13/h2-4,7,9,17-18H,5-6,8H2,1H3,(H,16,19). The van der Waals surface area contributed by atoms with Crippen LogP contribution in [-0.2, 0) is 0 Å². The van der Waals surface area contributed by atoms with Crippen LogP contribution in [0, 0.1) is 0 Å². The first-order chi connectivity index (χ1) is 9.65. The molecule has 108 valence electrons. The number of aromatic nitrogens is 1. The van der Waals surface area contributed by atoms with Crippen LogP contribution in [0.3, 0.4) is 0 Å². The van der Waals surface area contributed by atoms with E-state index in [1.165, 1.54) is 0 Å². The Balaban J connectivity index is 2.12. The van der Waals surface area contributed by atoms with E-state index < -0.39 is 0 Å². The zero-order valence-corrected chi connectivity index (χ0v) is 12.7. The normalized spacial score (nSPS) is 12.6. The highest BCUT2D eigenvalue weighted by atomic mass is 35.5. The Hall–Kier alpha value is -1.17. The number of thioether (sulfide) groups is 1. The molecule has 1 aromatic carbocycles. The smallest absolute Gasteiger partial charge is 0.268 e. The Labute approximate surface area is 126 Å². The first-order valence-corrected chi connectivity index (χ1v) is 8.10. The average molecular weight is 313 g/mol. The molecule has 0 aliphatic carbocycles. The van der Waals surface area contributed by atoms with E-state index in [-0.39, 0.29) is 18.6 Å². The first kappa shape index (κ1) is 15.2. The van der Waals surface area contributed by atoms with E-state index in [9.17, 15) is 9.90 Å². The van der Waals surface area contributed by atoms with E-state index in [0.29, 0.717) is 10.7 Å². The summed E-state index contributed by atoms with van der Waals surface area (Å²) in [6.07, 6.45) is 2.74. The van der Waals surface area contributed by atoms with Gasteiger partial charge in [-0.1, -0.05) is 17.7 Å². The lowest BCUT2D eigenvalue weighted by Gasteiger charge is -2.14. The third-order valence-electron chi connectivity index (χ3n) is 3.08. The molecule has 0 aliphatic rings. The molecule has 1 amide bonds. The zero-order valence-electron chi connectivity index (χ0n) is 11.1. The minimum atomic E-state index is -0.225. The van der Waals surface area contributed by atoms with Crippen molar-refractivity contribution in [3.63, 3.8) is 0 Å². The molecule has 2 aromatic rings. The summed E-state index contributed by atoms with van der Waals surface area (Å²) in [5, 5.41) is 13.5. The van der Waals surface area contributed by atoms with Crippen molar-refractivity contribution in [2.45, 2.75) is 12.5 Å². The summed E-state index contributed by atoms with van der Waals surface area (Å²) in [5.41, 5.74) is 1.28. The monoisotopic (exact) mass is 312 g/mol. The summed E-state index contributed by atoms with van der Waals surface area (Å²) in [4.78, 5) is 15.2. The van der Waals surface area contributed by atoms with Crippen molar-refractivity contribution >= 4 is 40.2 Å². The molecule has 3 N–H and O–H groups in total. The fourth-order valence-electron chi connectivity index (χ4n) is 1.97. The maximum absolute atomic E-state index is 12.2. The molecule has 0 fully saturated rings. The molecule has 1 aromatic heterocycles. The van der Waals surface area contributed by atoms with E-state index >= 15 is 0 Å². The second-order valence-electron chi connectivity index (χ2n) is 4.52. The number of fused-ring (bicyclic) bond motifs is 1. The van der Waals surface area contributed by atoms with E-state index in [2.05, 4.69) is 10.3 Å². The summed E-state index contributed by atoms with van der Waals surface area (Å²) in [5.74, 6) is 0.668. The summed E-state index contributed by atoms with van der Waals surface area (Å²) in [6.45, 7) is -0.0622. The number of H-pyrrole nitrogens is 1. The van der Waals surface area contributed by atoms with Crippen molar-refractivity contribution in [3.8, 4) is 0 Å². The van der Waals surface area contributed by atoms with Gasteiger partial charge in [0.1, 0.15) is 5.69 Å². The Bertz CT molecular complexity index is 600. The molecule has 1 heterocycles. The molecule has 6 heteroatoms. The second kappa shape index (κ2) is 7.02. The lowest BCUT2D eigenvalue weighted by molar-refractivity contribution is 0.0911. The third kappa shape index (κ3) is 3.48. The van der Waals surface area contributed by atoms with Crippen molar-refractivity contribution in [2.24, 2.45) is 0 Å². The highest BCUT2D eigenvalue weighted by Gasteiger charge is 2.15. The Morgan fingerprint density at radius 2 is 2.35 bits per heavy atom. The van der Waals surface area contributed by atoms with Crippen LogP contribution in [0.1, 0.15) is 16.9 Å². The van der Waals surface area contributed by atoms with Gasteiger partial charge in [0, 0.05) is 15.9 Å². The summed E-state index contributed by atoms with van der Waals surface area (Å²) < 4.78 is 0. The van der Waals surface area contributed by atoms with E-state index in [0.717, 1.165) is 23.1 Å². The fourth-order valence-corrected chi connectivity index (χ4v) is 2.72. The number of aromatic amines is 1. The highest BCUT2D eigenvalue weighted by molar-refractivity contribution is 7.98. The fraction of sp³-hybridized carbons (Fsp3) is 0.357. The van der Waals surface area contributed by atoms with Crippen LogP contribution in [0.5, 0.6) is 0 Å². The van der Waals surface area contributed by atoms with Crippen molar-refractivity contribution in [1.29, 1.82) is 0 Å². The largest absolute Gasteiger partial charge is 0.394 e. The number of carbonyl (C=O) groups is 1. The van der Waals surface area contributed by atoms with Crippen LogP contribution >= 0.6 is 23.4 Å². The van der Waals surface area contributed by atoms with Gasteiger partial charge in [-0.05, 0) is 36.6 Å². The number of benzene rings is 1. The lowest BCUT2D eigenvalue weighted by atomic mass is 10.2. The maximum Gasteiger partial charge on any atom is 0.268 e. The number of aliphatic hydroxyl groups excluding tert-OH is 1. The van der Waals surface area contributed by atoms with Crippen LogP contribution in [0.15, 0.2) is 24.3 Å². The minimum Gasteiger partial charge on any atom is -0.394 e. The van der Waals surface area contributed by atoms with Gasteiger partial charge in [0.05, 0.1) is 12.6 Å². The Morgan fingerprint density at radius 3 is 3.00 bits per heavy atom. The SMILES string of the molecule is CSCCC(CO)NC(=O)c1cc2c(Cl)cccc2[nH]1. The zero-order chi connectivity index (χ0) is 14.5. The molecule has 4 nitrogen and oxygen atoms in total. The Kier molecular flexibility index (Phi) is 5.34. The van der Waals surface area contributed by atoms with Crippen molar-refractivity contribution in [1.82, 2.24) is 10.3 Å². The number of carbonyl (C=O) groups excluding carboxylic acids is 1. The van der Waals surface area contributed by atoms with Crippen LogP contribution in [0.25, 0.3) is 10.9 Å². The van der Waals surface area contributed by atoms with Gasteiger partial charge in [-0.2, -0.15) is 11.8 Å². The molecule has 0 spiro atoms. The predicted molar refractivity (Wildman–Crippen MR) is 84.6 cm³/mol. The summed E-state index contributed by atoms with van der Waals surface area (Å²) >= 11 is 7.77. The minimum absolute atomic E-state index is 0.0622. The van der Waals surface area contributed by atoms with Gasteiger partial charge in [-0.25, -0.2) is 0 Å². The molecule has 1 atom stereocenters. The average Bonchev–Trinajstić information content (AvgIpc) is 2.89. The van der Waals surface area contributed by atoms with Crippen molar-refractivity contribution in [2.75, 3.05) is 18.6 Å². The molecular formula is C14H17ClN2O2S. The van der Waals surface area contributed by atoms with Gasteiger partial charge in [-0.3, -0.25) is 4.79 Å².